The summed E-state index contributed by atoms with van der Waals surface area (Å²) >= 11 is 0. The summed E-state index contributed by atoms with van der Waals surface area (Å²) in [7, 11) is 3.30. The lowest BCUT2D eigenvalue weighted by atomic mass is 10.1. The predicted molar refractivity (Wildman–Crippen MR) is 97.1 cm³/mol. The highest BCUT2D eigenvalue weighted by molar-refractivity contribution is 5.96. The molecule has 0 spiro atoms. The molecule has 8 nitrogen and oxygen atoms in total. The number of carbonyl (C=O) groups excluding carboxylic acids is 2. The summed E-state index contributed by atoms with van der Waals surface area (Å²) in [6, 6.07) is 0. The first-order valence-corrected chi connectivity index (χ1v) is 9.45. The van der Waals surface area contributed by atoms with E-state index < -0.39 is 0 Å². The Morgan fingerprint density at radius 1 is 1.23 bits per heavy atom. The molecule has 2 amide bonds. The Labute approximate surface area is 154 Å². The van der Waals surface area contributed by atoms with Gasteiger partial charge in [0, 0.05) is 58.4 Å². The van der Waals surface area contributed by atoms with Crippen molar-refractivity contribution in [3.63, 3.8) is 0 Å². The fourth-order valence-corrected chi connectivity index (χ4v) is 3.78. The second-order valence-electron chi connectivity index (χ2n) is 7.13. The van der Waals surface area contributed by atoms with Crippen molar-refractivity contribution in [2.45, 2.75) is 25.7 Å². The maximum absolute atomic E-state index is 12.7. The SMILES string of the molecule is COc1nn(C)cc1C(=O)N1CCN(CCNC(=O)C2CCCC2)CC1. The molecule has 0 atom stereocenters. The molecule has 2 fully saturated rings. The van der Waals surface area contributed by atoms with E-state index in [1.165, 1.54) is 20.0 Å². The van der Waals surface area contributed by atoms with Gasteiger partial charge in [-0.2, -0.15) is 0 Å². The third-order valence-electron chi connectivity index (χ3n) is 5.33. The molecule has 0 aromatic carbocycles. The topological polar surface area (TPSA) is 79.7 Å². The summed E-state index contributed by atoms with van der Waals surface area (Å²) in [6.45, 7) is 4.48. The first-order valence-electron chi connectivity index (χ1n) is 9.45. The van der Waals surface area contributed by atoms with E-state index in [4.69, 9.17) is 4.74 Å². The van der Waals surface area contributed by atoms with Crippen molar-refractivity contribution in [1.82, 2.24) is 24.9 Å². The standard InChI is InChI=1S/C18H29N5O3/c1-21-13-15(17(20-21)26-2)18(25)23-11-9-22(10-12-23)8-7-19-16(24)14-5-3-4-6-14/h13-14H,3-12H2,1-2H3,(H,19,24). The minimum absolute atomic E-state index is 0.0378. The highest BCUT2D eigenvalue weighted by atomic mass is 16.5. The number of aromatic nitrogens is 2. The molecule has 2 heterocycles. The third-order valence-corrected chi connectivity index (χ3v) is 5.33. The maximum atomic E-state index is 12.7. The number of carbonyl (C=O) groups is 2. The summed E-state index contributed by atoms with van der Waals surface area (Å²) in [5.41, 5.74) is 0.507. The van der Waals surface area contributed by atoms with Crippen molar-refractivity contribution in [1.29, 1.82) is 0 Å². The zero-order chi connectivity index (χ0) is 18.5. The van der Waals surface area contributed by atoms with Gasteiger partial charge in [0.25, 0.3) is 5.91 Å². The van der Waals surface area contributed by atoms with Gasteiger partial charge in [-0.25, -0.2) is 0 Å². The Balaban J connectivity index is 1.41. The molecule has 0 unspecified atom stereocenters. The molecule has 0 bridgehead atoms. The van der Waals surface area contributed by atoms with Crippen LogP contribution in [0.15, 0.2) is 6.20 Å². The van der Waals surface area contributed by atoms with Crippen LogP contribution in [0.25, 0.3) is 0 Å². The van der Waals surface area contributed by atoms with Gasteiger partial charge in [0.05, 0.1) is 7.11 Å². The van der Waals surface area contributed by atoms with Crippen LogP contribution in [0.4, 0.5) is 0 Å². The van der Waals surface area contributed by atoms with Crippen LogP contribution in [0.1, 0.15) is 36.0 Å². The van der Waals surface area contributed by atoms with Crippen LogP contribution < -0.4 is 10.1 Å². The molecular weight excluding hydrogens is 334 g/mol. The lowest BCUT2D eigenvalue weighted by Gasteiger charge is -2.34. The quantitative estimate of drug-likeness (QED) is 0.796. The lowest BCUT2D eigenvalue weighted by Crippen LogP contribution is -2.50. The van der Waals surface area contributed by atoms with Gasteiger partial charge in [0.15, 0.2) is 0 Å². The van der Waals surface area contributed by atoms with Crippen molar-refractivity contribution in [3.05, 3.63) is 11.8 Å². The number of rotatable bonds is 6. The maximum Gasteiger partial charge on any atom is 0.261 e. The smallest absolute Gasteiger partial charge is 0.261 e. The van der Waals surface area contributed by atoms with Crippen LogP contribution in [0.5, 0.6) is 5.88 Å². The largest absolute Gasteiger partial charge is 0.479 e. The third kappa shape index (κ3) is 4.35. The fourth-order valence-electron chi connectivity index (χ4n) is 3.78. The van der Waals surface area contributed by atoms with Gasteiger partial charge in [-0.05, 0) is 12.8 Å². The monoisotopic (exact) mass is 363 g/mol. The Morgan fingerprint density at radius 2 is 1.92 bits per heavy atom. The van der Waals surface area contributed by atoms with Gasteiger partial charge >= 0.3 is 0 Å². The zero-order valence-corrected chi connectivity index (χ0v) is 15.7. The van der Waals surface area contributed by atoms with Crippen LogP contribution in [-0.2, 0) is 11.8 Å². The number of nitrogens with zero attached hydrogens (tertiary/aromatic N) is 4. The van der Waals surface area contributed by atoms with Gasteiger partial charge in [-0.1, -0.05) is 12.8 Å². The molecule has 0 radical (unpaired) electrons. The van der Waals surface area contributed by atoms with Gasteiger partial charge in [-0.15, -0.1) is 5.10 Å². The highest BCUT2D eigenvalue weighted by Crippen LogP contribution is 2.24. The van der Waals surface area contributed by atoms with Crippen LogP contribution in [0.3, 0.4) is 0 Å². The van der Waals surface area contributed by atoms with Gasteiger partial charge in [0.1, 0.15) is 5.56 Å². The summed E-state index contributed by atoms with van der Waals surface area (Å²) in [5.74, 6) is 0.762. The number of amides is 2. The molecule has 1 aliphatic carbocycles. The van der Waals surface area contributed by atoms with E-state index in [0.717, 1.165) is 32.5 Å². The molecule has 1 aromatic heterocycles. The predicted octanol–water partition coefficient (Wildman–Crippen LogP) is 0.493. The van der Waals surface area contributed by atoms with Crippen molar-refractivity contribution in [2.75, 3.05) is 46.4 Å². The van der Waals surface area contributed by atoms with Crippen molar-refractivity contribution in [2.24, 2.45) is 13.0 Å². The molecule has 2 aliphatic rings. The summed E-state index contributed by atoms with van der Waals surface area (Å²) < 4.78 is 6.78. The number of ether oxygens (including phenoxy) is 1. The number of methoxy groups -OCH3 is 1. The van der Waals surface area contributed by atoms with E-state index in [0.29, 0.717) is 31.1 Å². The van der Waals surface area contributed by atoms with Crippen molar-refractivity contribution >= 4 is 11.8 Å². The average molecular weight is 363 g/mol. The molecular formula is C18H29N5O3. The Hall–Kier alpha value is -2.09. The lowest BCUT2D eigenvalue weighted by molar-refractivity contribution is -0.124. The molecule has 1 saturated heterocycles. The van der Waals surface area contributed by atoms with E-state index >= 15 is 0 Å². The van der Waals surface area contributed by atoms with E-state index in [9.17, 15) is 9.59 Å². The number of aryl methyl sites for hydroxylation is 1. The Kier molecular flexibility index (Phi) is 6.13. The highest BCUT2D eigenvalue weighted by Gasteiger charge is 2.26. The van der Waals surface area contributed by atoms with Crippen LogP contribution >= 0.6 is 0 Å². The summed E-state index contributed by atoms with van der Waals surface area (Å²) in [5, 5.41) is 7.21. The van der Waals surface area contributed by atoms with Crippen molar-refractivity contribution < 1.29 is 14.3 Å². The summed E-state index contributed by atoms with van der Waals surface area (Å²) in [6.07, 6.45) is 6.12. The zero-order valence-electron chi connectivity index (χ0n) is 15.7. The summed E-state index contributed by atoms with van der Waals surface area (Å²) in [4.78, 5) is 28.8. The number of nitrogens with one attached hydrogen (secondary N) is 1. The van der Waals surface area contributed by atoms with Gasteiger partial charge in [-0.3, -0.25) is 19.2 Å². The molecule has 26 heavy (non-hydrogen) atoms. The molecule has 8 heteroatoms. The molecule has 1 aliphatic heterocycles. The number of hydrogen-bond acceptors (Lipinski definition) is 5. The first-order chi connectivity index (χ1) is 12.6. The number of hydrogen-bond donors (Lipinski definition) is 1. The van der Waals surface area contributed by atoms with Gasteiger partial charge < -0.3 is 15.0 Å². The normalized spacial score (nSPS) is 18.9. The molecule has 1 N–H and O–H groups in total. The average Bonchev–Trinajstić information content (AvgIpc) is 3.31. The van der Waals surface area contributed by atoms with Crippen molar-refractivity contribution in [3.8, 4) is 5.88 Å². The van der Waals surface area contributed by atoms with Crippen LogP contribution in [-0.4, -0.2) is 77.8 Å². The van der Waals surface area contributed by atoms with Crippen LogP contribution in [0, 0.1) is 5.92 Å². The minimum Gasteiger partial charge on any atom is -0.479 e. The van der Waals surface area contributed by atoms with E-state index in [2.05, 4.69) is 15.3 Å². The second-order valence-corrected chi connectivity index (χ2v) is 7.13. The second kappa shape index (κ2) is 8.53. The van der Waals surface area contributed by atoms with E-state index in [1.807, 2.05) is 4.90 Å². The Bertz CT molecular complexity index is 631. The molecule has 1 saturated carbocycles. The number of piperazine rings is 1. The van der Waals surface area contributed by atoms with E-state index in [1.54, 1.807) is 17.9 Å². The molecule has 1 aromatic rings. The Morgan fingerprint density at radius 3 is 2.58 bits per heavy atom. The van der Waals surface area contributed by atoms with E-state index in [-0.39, 0.29) is 17.7 Å². The molecule has 144 valence electrons. The molecule has 3 rings (SSSR count). The first kappa shape index (κ1) is 18.7. The fraction of sp³-hybridized carbons (Fsp3) is 0.722. The van der Waals surface area contributed by atoms with Gasteiger partial charge in [0.2, 0.25) is 11.8 Å². The van der Waals surface area contributed by atoms with Crippen LogP contribution in [0.2, 0.25) is 0 Å². The minimum atomic E-state index is -0.0378.